The molecule has 0 fully saturated rings. The lowest BCUT2D eigenvalue weighted by molar-refractivity contribution is -0.129. The van der Waals surface area contributed by atoms with Crippen molar-refractivity contribution in [3.63, 3.8) is 0 Å². The van der Waals surface area contributed by atoms with Crippen LogP contribution in [0.15, 0.2) is 18.2 Å². The van der Waals surface area contributed by atoms with Crippen LogP contribution in [0.3, 0.4) is 0 Å². The predicted molar refractivity (Wildman–Crippen MR) is 72.3 cm³/mol. The molecule has 0 unspecified atom stereocenters. The Morgan fingerprint density at radius 2 is 1.82 bits per heavy atom. The van der Waals surface area contributed by atoms with Crippen LogP contribution in [0.5, 0.6) is 0 Å². The first-order valence-electron chi connectivity index (χ1n) is 5.99. The number of benzene rings is 1. The van der Waals surface area contributed by atoms with E-state index in [-0.39, 0.29) is 11.9 Å². The fraction of sp³-hybridized carbons (Fsp3) is 0.500. The Labute approximate surface area is 104 Å². The lowest BCUT2D eigenvalue weighted by Crippen LogP contribution is -2.37. The Hall–Kier alpha value is -1.51. The van der Waals surface area contributed by atoms with E-state index in [2.05, 4.69) is 5.32 Å². The molecule has 0 saturated carbocycles. The molecule has 0 atom stereocenters. The number of hydrogen-bond donors (Lipinski definition) is 1. The van der Waals surface area contributed by atoms with Crippen molar-refractivity contribution >= 4 is 11.6 Å². The number of aryl methyl sites for hydroxylation is 2. The molecule has 3 heteroatoms. The van der Waals surface area contributed by atoms with E-state index in [9.17, 15) is 4.79 Å². The minimum absolute atomic E-state index is 0.114. The van der Waals surface area contributed by atoms with Gasteiger partial charge in [-0.3, -0.25) is 4.79 Å². The van der Waals surface area contributed by atoms with Gasteiger partial charge >= 0.3 is 0 Å². The summed E-state index contributed by atoms with van der Waals surface area (Å²) in [5, 5.41) is 3.23. The van der Waals surface area contributed by atoms with E-state index in [1.54, 1.807) is 4.90 Å². The Balaban J connectivity index is 2.65. The number of amides is 1. The van der Waals surface area contributed by atoms with Crippen LogP contribution in [0.25, 0.3) is 0 Å². The van der Waals surface area contributed by atoms with Crippen molar-refractivity contribution in [2.45, 2.75) is 33.7 Å². The highest BCUT2D eigenvalue weighted by molar-refractivity contribution is 5.81. The third-order valence-corrected chi connectivity index (χ3v) is 3.07. The van der Waals surface area contributed by atoms with Crippen molar-refractivity contribution in [1.29, 1.82) is 0 Å². The molecule has 1 N–H and O–H groups in total. The van der Waals surface area contributed by atoms with Crippen molar-refractivity contribution in [3.05, 3.63) is 29.3 Å². The quantitative estimate of drug-likeness (QED) is 0.868. The van der Waals surface area contributed by atoms with Crippen LogP contribution in [-0.2, 0) is 4.79 Å². The molecule has 0 heterocycles. The topological polar surface area (TPSA) is 32.3 Å². The highest BCUT2D eigenvalue weighted by Crippen LogP contribution is 2.18. The lowest BCUT2D eigenvalue weighted by atomic mass is 10.1. The summed E-state index contributed by atoms with van der Waals surface area (Å²) < 4.78 is 0. The molecule has 0 aromatic heterocycles. The summed E-state index contributed by atoms with van der Waals surface area (Å²) >= 11 is 0. The molecule has 0 aliphatic rings. The summed E-state index contributed by atoms with van der Waals surface area (Å²) in [6.45, 7) is 8.46. The fourth-order valence-corrected chi connectivity index (χ4v) is 1.67. The molecule has 1 amide bonds. The zero-order chi connectivity index (χ0) is 13.0. The second-order valence-electron chi connectivity index (χ2n) is 4.72. The van der Waals surface area contributed by atoms with Crippen molar-refractivity contribution in [1.82, 2.24) is 4.90 Å². The maximum atomic E-state index is 11.8. The third kappa shape index (κ3) is 3.48. The largest absolute Gasteiger partial charge is 0.376 e. The Kier molecular flexibility index (Phi) is 4.55. The highest BCUT2D eigenvalue weighted by atomic mass is 16.2. The normalized spacial score (nSPS) is 10.5. The van der Waals surface area contributed by atoms with Crippen LogP contribution in [0.2, 0.25) is 0 Å². The SMILES string of the molecule is Cc1cccc(C)c1NCC(=O)N(C)C(C)C. The first-order valence-corrected chi connectivity index (χ1v) is 5.99. The number of anilines is 1. The van der Waals surface area contributed by atoms with Crippen LogP contribution in [-0.4, -0.2) is 30.4 Å². The van der Waals surface area contributed by atoms with E-state index in [0.717, 1.165) is 5.69 Å². The van der Waals surface area contributed by atoms with Crippen LogP contribution < -0.4 is 5.32 Å². The van der Waals surface area contributed by atoms with E-state index in [4.69, 9.17) is 0 Å². The summed E-state index contributed by atoms with van der Waals surface area (Å²) in [5.41, 5.74) is 3.41. The number of para-hydroxylation sites is 1. The van der Waals surface area contributed by atoms with Gasteiger partial charge in [-0.15, -0.1) is 0 Å². The van der Waals surface area contributed by atoms with Gasteiger partial charge in [-0.05, 0) is 38.8 Å². The summed E-state index contributed by atoms with van der Waals surface area (Å²) in [6, 6.07) is 6.36. The smallest absolute Gasteiger partial charge is 0.241 e. The minimum Gasteiger partial charge on any atom is -0.376 e. The summed E-state index contributed by atoms with van der Waals surface area (Å²) in [7, 11) is 1.83. The summed E-state index contributed by atoms with van der Waals surface area (Å²) in [4.78, 5) is 13.6. The van der Waals surface area contributed by atoms with E-state index < -0.39 is 0 Å². The molecule has 17 heavy (non-hydrogen) atoms. The van der Waals surface area contributed by atoms with E-state index in [1.807, 2.05) is 52.9 Å². The first-order chi connectivity index (χ1) is 7.93. The maximum Gasteiger partial charge on any atom is 0.241 e. The van der Waals surface area contributed by atoms with Gasteiger partial charge in [0.25, 0.3) is 0 Å². The Bertz CT molecular complexity index is 379. The van der Waals surface area contributed by atoms with E-state index >= 15 is 0 Å². The fourth-order valence-electron chi connectivity index (χ4n) is 1.67. The van der Waals surface area contributed by atoms with E-state index in [0.29, 0.717) is 6.54 Å². The first kappa shape index (κ1) is 13.6. The van der Waals surface area contributed by atoms with Gasteiger partial charge in [0.1, 0.15) is 0 Å². The molecule has 0 spiro atoms. The number of hydrogen-bond acceptors (Lipinski definition) is 2. The molecule has 0 bridgehead atoms. The minimum atomic E-state index is 0.114. The number of carbonyl (C=O) groups is 1. The van der Waals surface area contributed by atoms with E-state index in [1.165, 1.54) is 11.1 Å². The van der Waals surface area contributed by atoms with Crippen LogP contribution in [0.1, 0.15) is 25.0 Å². The molecule has 1 rings (SSSR count). The number of likely N-dealkylation sites (N-methyl/N-ethyl adjacent to an activating group) is 1. The highest BCUT2D eigenvalue weighted by Gasteiger charge is 2.12. The number of carbonyl (C=O) groups excluding carboxylic acids is 1. The molecule has 1 aromatic rings. The van der Waals surface area contributed by atoms with Crippen molar-refractivity contribution in [2.75, 3.05) is 18.9 Å². The van der Waals surface area contributed by atoms with Gasteiger partial charge in [0.05, 0.1) is 6.54 Å². The molecular weight excluding hydrogens is 212 g/mol. The summed E-state index contributed by atoms with van der Waals surface area (Å²) in [6.07, 6.45) is 0. The predicted octanol–water partition coefficient (Wildman–Crippen LogP) is 2.58. The zero-order valence-electron chi connectivity index (χ0n) is 11.4. The van der Waals surface area contributed by atoms with Crippen molar-refractivity contribution in [3.8, 4) is 0 Å². The van der Waals surface area contributed by atoms with Crippen LogP contribution in [0.4, 0.5) is 5.69 Å². The second kappa shape index (κ2) is 5.71. The van der Waals surface area contributed by atoms with Crippen LogP contribution >= 0.6 is 0 Å². The average molecular weight is 234 g/mol. The molecule has 1 aromatic carbocycles. The molecule has 3 nitrogen and oxygen atoms in total. The molecule has 0 radical (unpaired) electrons. The number of nitrogens with one attached hydrogen (secondary N) is 1. The van der Waals surface area contributed by atoms with Crippen LogP contribution in [0, 0.1) is 13.8 Å². The third-order valence-electron chi connectivity index (χ3n) is 3.07. The van der Waals surface area contributed by atoms with Gasteiger partial charge in [0.15, 0.2) is 0 Å². The monoisotopic (exact) mass is 234 g/mol. The number of nitrogens with zero attached hydrogens (tertiary/aromatic N) is 1. The lowest BCUT2D eigenvalue weighted by Gasteiger charge is -2.22. The molecular formula is C14H22N2O. The van der Waals surface area contributed by atoms with Gasteiger partial charge in [0, 0.05) is 18.8 Å². The molecule has 0 aliphatic carbocycles. The Morgan fingerprint density at radius 3 is 2.29 bits per heavy atom. The van der Waals surface area contributed by atoms with Gasteiger partial charge in [0.2, 0.25) is 5.91 Å². The van der Waals surface area contributed by atoms with Crippen molar-refractivity contribution in [2.24, 2.45) is 0 Å². The second-order valence-corrected chi connectivity index (χ2v) is 4.72. The molecule has 0 aliphatic heterocycles. The average Bonchev–Trinajstić information content (AvgIpc) is 2.26. The van der Waals surface area contributed by atoms with Crippen molar-refractivity contribution < 1.29 is 4.79 Å². The molecule has 0 saturated heterocycles. The maximum absolute atomic E-state index is 11.8. The number of rotatable bonds is 4. The van der Waals surface area contributed by atoms with Gasteiger partial charge in [-0.1, -0.05) is 18.2 Å². The zero-order valence-corrected chi connectivity index (χ0v) is 11.4. The van der Waals surface area contributed by atoms with Gasteiger partial charge in [-0.25, -0.2) is 0 Å². The van der Waals surface area contributed by atoms with Gasteiger partial charge in [-0.2, -0.15) is 0 Å². The Morgan fingerprint density at radius 1 is 1.29 bits per heavy atom. The standard InChI is InChI=1S/C14H22N2O/c1-10(2)16(5)13(17)9-15-14-11(3)7-6-8-12(14)4/h6-8,10,15H,9H2,1-5H3. The van der Waals surface area contributed by atoms with Gasteiger partial charge < -0.3 is 10.2 Å². The summed E-state index contributed by atoms with van der Waals surface area (Å²) in [5.74, 6) is 0.114. The molecule has 94 valence electrons.